The second-order valence-corrected chi connectivity index (χ2v) is 5.42. The van der Waals surface area contributed by atoms with Gasteiger partial charge in [-0.2, -0.15) is 0 Å². The number of rotatable bonds is 5. The lowest BCUT2D eigenvalue weighted by Crippen LogP contribution is -2.45. The van der Waals surface area contributed by atoms with Crippen LogP contribution in [0.5, 0.6) is 0 Å². The first-order valence-electron chi connectivity index (χ1n) is 7.14. The molecule has 0 aromatic heterocycles. The van der Waals surface area contributed by atoms with Gasteiger partial charge in [-0.05, 0) is 30.6 Å². The van der Waals surface area contributed by atoms with Crippen LogP contribution in [0.15, 0.2) is 30.3 Å². The Morgan fingerprint density at radius 1 is 1.25 bits per heavy atom. The molecule has 0 saturated carbocycles. The molecule has 0 bridgehead atoms. The summed E-state index contributed by atoms with van der Waals surface area (Å²) in [5.41, 5.74) is 4.18. The van der Waals surface area contributed by atoms with Crippen LogP contribution in [0.25, 0.3) is 0 Å². The van der Waals surface area contributed by atoms with Gasteiger partial charge < -0.3 is 9.84 Å². The van der Waals surface area contributed by atoms with Crippen LogP contribution < -0.4 is 5.43 Å². The average Bonchev–Trinajstić information content (AvgIpc) is 2.50. The summed E-state index contributed by atoms with van der Waals surface area (Å²) in [6.07, 6.45) is 3.67. The Bertz CT molecular complexity index is 408. The molecule has 2 N–H and O–H groups in total. The minimum Gasteiger partial charge on any atom is -0.469 e. The van der Waals surface area contributed by atoms with Crippen molar-refractivity contribution in [3.8, 4) is 0 Å². The van der Waals surface area contributed by atoms with Gasteiger partial charge in [0, 0.05) is 19.0 Å². The molecule has 0 spiro atoms. The molecule has 2 rings (SSSR count). The van der Waals surface area contributed by atoms with Crippen LogP contribution in [0.3, 0.4) is 0 Å². The molecule has 20 heavy (non-hydrogen) atoms. The zero-order valence-corrected chi connectivity index (χ0v) is 12.4. The van der Waals surface area contributed by atoms with Gasteiger partial charge in [0.2, 0.25) is 0 Å². The van der Waals surface area contributed by atoms with Gasteiger partial charge in [-0.3, -0.25) is 5.43 Å². The molecule has 5 heteroatoms. The van der Waals surface area contributed by atoms with Gasteiger partial charge in [-0.1, -0.05) is 36.8 Å². The molecule has 1 aromatic rings. The number of hydrogen-bond acceptors (Lipinski definition) is 4. The Labute approximate surface area is 125 Å². The second-order valence-electron chi connectivity index (χ2n) is 5.05. The highest BCUT2D eigenvalue weighted by Crippen LogP contribution is 2.15. The smallest absolute Gasteiger partial charge is 0.271 e. The molecule has 1 aliphatic rings. The Morgan fingerprint density at radius 2 is 1.95 bits per heavy atom. The van der Waals surface area contributed by atoms with Crippen molar-refractivity contribution in [2.24, 2.45) is 0 Å². The van der Waals surface area contributed by atoms with Gasteiger partial charge in [0.05, 0.1) is 13.2 Å². The summed E-state index contributed by atoms with van der Waals surface area (Å²) in [5.74, 6) is -0.0442. The summed E-state index contributed by atoms with van der Waals surface area (Å²) in [6, 6.07) is 9.86. The van der Waals surface area contributed by atoms with Crippen LogP contribution in [0.4, 0.5) is 0 Å². The van der Waals surface area contributed by atoms with Crippen LogP contribution in [0, 0.1) is 0 Å². The van der Waals surface area contributed by atoms with Crippen molar-refractivity contribution in [2.75, 3.05) is 26.3 Å². The van der Waals surface area contributed by atoms with Gasteiger partial charge in [-0.25, -0.2) is 5.01 Å². The summed E-state index contributed by atoms with van der Waals surface area (Å²) in [7, 11) is 0. The van der Waals surface area contributed by atoms with E-state index in [-0.39, 0.29) is 12.5 Å². The van der Waals surface area contributed by atoms with Crippen LogP contribution >= 0.6 is 12.2 Å². The van der Waals surface area contributed by atoms with E-state index in [1.807, 2.05) is 30.3 Å². The van der Waals surface area contributed by atoms with E-state index in [1.165, 1.54) is 19.3 Å². The number of benzene rings is 1. The third-order valence-corrected chi connectivity index (χ3v) is 3.72. The summed E-state index contributed by atoms with van der Waals surface area (Å²) in [4.78, 5) is 0. The summed E-state index contributed by atoms with van der Waals surface area (Å²) in [5, 5.41) is 11.9. The molecule has 110 valence electrons. The highest BCUT2D eigenvalue weighted by molar-refractivity contribution is 7.80. The third kappa shape index (κ3) is 4.74. The van der Waals surface area contributed by atoms with E-state index in [4.69, 9.17) is 17.0 Å². The van der Waals surface area contributed by atoms with Crippen molar-refractivity contribution in [3.05, 3.63) is 35.9 Å². The Kier molecular flexibility index (Phi) is 6.24. The fraction of sp³-hybridized carbons (Fsp3) is 0.533. The molecule has 1 heterocycles. The van der Waals surface area contributed by atoms with E-state index in [0.717, 1.165) is 18.7 Å². The fourth-order valence-electron chi connectivity index (χ4n) is 2.32. The minimum absolute atomic E-state index is 0.0442. The predicted molar refractivity (Wildman–Crippen MR) is 83.4 cm³/mol. The standard InChI is InChI=1S/C15H22N2O2S/c18-11-14(13-7-3-1-4-8-13)12-19-15(20)16-17-9-5-2-6-10-17/h1,3-4,7-8,14,18H,2,5-6,9-12H2,(H,16,20). The van der Waals surface area contributed by atoms with Crippen molar-refractivity contribution >= 4 is 17.4 Å². The predicted octanol–water partition coefficient (Wildman–Crippen LogP) is 2.05. The van der Waals surface area contributed by atoms with E-state index in [1.54, 1.807) is 0 Å². The molecule has 1 fully saturated rings. The first-order chi connectivity index (χ1) is 9.79. The quantitative estimate of drug-likeness (QED) is 0.814. The van der Waals surface area contributed by atoms with Crippen LogP contribution in [0.2, 0.25) is 0 Å². The van der Waals surface area contributed by atoms with E-state index in [0.29, 0.717) is 11.8 Å². The van der Waals surface area contributed by atoms with E-state index in [2.05, 4.69) is 10.4 Å². The van der Waals surface area contributed by atoms with E-state index < -0.39 is 0 Å². The maximum atomic E-state index is 9.46. The number of nitrogens with zero attached hydrogens (tertiary/aromatic N) is 1. The van der Waals surface area contributed by atoms with Gasteiger partial charge in [0.1, 0.15) is 0 Å². The molecule has 1 atom stereocenters. The van der Waals surface area contributed by atoms with E-state index in [9.17, 15) is 5.11 Å². The SMILES string of the molecule is OCC(COC(=S)NN1CCCCC1)c1ccccc1. The third-order valence-electron chi connectivity index (χ3n) is 3.51. The summed E-state index contributed by atoms with van der Waals surface area (Å²) < 4.78 is 5.57. The monoisotopic (exact) mass is 294 g/mol. The molecule has 4 nitrogen and oxygen atoms in total. The molecule has 1 aromatic carbocycles. The van der Waals surface area contributed by atoms with Crippen molar-refractivity contribution in [1.82, 2.24) is 10.4 Å². The molecule has 1 unspecified atom stereocenters. The lowest BCUT2D eigenvalue weighted by atomic mass is 10.0. The molecular formula is C15H22N2O2S. The second kappa shape index (κ2) is 8.19. The van der Waals surface area contributed by atoms with Crippen molar-refractivity contribution in [3.63, 3.8) is 0 Å². The number of thiocarbonyl (C=S) groups is 1. The van der Waals surface area contributed by atoms with Crippen LogP contribution in [-0.2, 0) is 4.74 Å². The largest absolute Gasteiger partial charge is 0.469 e. The van der Waals surface area contributed by atoms with Crippen LogP contribution in [-0.4, -0.2) is 41.6 Å². The Morgan fingerprint density at radius 3 is 2.60 bits per heavy atom. The molecular weight excluding hydrogens is 272 g/mol. The molecule has 0 radical (unpaired) electrons. The van der Waals surface area contributed by atoms with Gasteiger partial charge >= 0.3 is 0 Å². The lowest BCUT2D eigenvalue weighted by molar-refractivity contribution is 0.153. The Balaban J connectivity index is 1.76. The van der Waals surface area contributed by atoms with Gasteiger partial charge in [-0.15, -0.1) is 0 Å². The fourth-order valence-corrected chi connectivity index (χ4v) is 2.52. The first kappa shape index (κ1) is 15.2. The maximum absolute atomic E-state index is 9.46. The number of hydrazine groups is 1. The van der Waals surface area contributed by atoms with E-state index >= 15 is 0 Å². The average molecular weight is 294 g/mol. The highest BCUT2D eigenvalue weighted by atomic mass is 32.1. The zero-order chi connectivity index (χ0) is 14.2. The molecule has 1 saturated heterocycles. The van der Waals surface area contributed by atoms with Crippen LogP contribution in [0.1, 0.15) is 30.7 Å². The normalized spacial score (nSPS) is 17.4. The number of piperidine rings is 1. The van der Waals surface area contributed by atoms with Gasteiger partial charge in [0.25, 0.3) is 5.17 Å². The first-order valence-corrected chi connectivity index (χ1v) is 7.54. The maximum Gasteiger partial charge on any atom is 0.271 e. The molecule has 0 aliphatic carbocycles. The van der Waals surface area contributed by atoms with Gasteiger partial charge in [0.15, 0.2) is 0 Å². The minimum atomic E-state index is -0.0442. The summed E-state index contributed by atoms with van der Waals surface area (Å²) in [6.45, 7) is 2.45. The zero-order valence-electron chi connectivity index (χ0n) is 11.6. The summed E-state index contributed by atoms with van der Waals surface area (Å²) >= 11 is 5.19. The topological polar surface area (TPSA) is 44.7 Å². The van der Waals surface area contributed by atoms with Crippen molar-refractivity contribution < 1.29 is 9.84 Å². The molecule has 1 aliphatic heterocycles. The number of nitrogens with one attached hydrogen (secondary N) is 1. The number of aliphatic hydroxyl groups excluding tert-OH is 1. The number of aliphatic hydroxyl groups is 1. The van der Waals surface area contributed by atoms with Crippen molar-refractivity contribution in [2.45, 2.75) is 25.2 Å². The highest BCUT2D eigenvalue weighted by Gasteiger charge is 2.14. The van der Waals surface area contributed by atoms with Crippen molar-refractivity contribution in [1.29, 1.82) is 0 Å². The molecule has 0 amide bonds. The number of hydrogen-bond donors (Lipinski definition) is 2. The Hall–Kier alpha value is -1.17. The lowest BCUT2D eigenvalue weighted by Gasteiger charge is -2.28. The number of ether oxygens (including phenoxy) is 1.